The molecule has 0 heterocycles. The van der Waals surface area contributed by atoms with Gasteiger partial charge in [0.05, 0.1) is 0 Å². The molecular formula is C13H9Cl3V. The van der Waals surface area contributed by atoms with Crippen LogP contribution in [0.25, 0.3) is 11.1 Å². The van der Waals surface area contributed by atoms with Crippen LogP contribution in [0.1, 0.15) is 15.8 Å². The molecule has 0 atom stereocenters. The van der Waals surface area contributed by atoms with Crippen LogP contribution in [0, 0.1) is 0 Å². The van der Waals surface area contributed by atoms with Gasteiger partial charge in [0.2, 0.25) is 0 Å². The SMILES string of the molecule is [Cl-].[Cl-].[Cl-].[V+3][CH]1c2ccccc2-c2ccccc21. The van der Waals surface area contributed by atoms with Crippen molar-refractivity contribution in [3.63, 3.8) is 0 Å². The topological polar surface area (TPSA) is 0 Å². The van der Waals surface area contributed by atoms with Gasteiger partial charge in [0.25, 0.3) is 0 Å². The maximum atomic E-state index is 2.77. The molecule has 0 unspecified atom stereocenters. The predicted molar refractivity (Wildman–Crippen MR) is 53.7 cm³/mol. The summed E-state index contributed by atoms with van der Waals surface area (Å²) in [7, 11) is 0. The fourth-order valence-electron chi connectivity index (χ4n) is 2.13. The molecule has 0 saturated heterocycles. The molecular weight excluding hydrogens is 313 g/mol. The fraction of sp³-hybridized carbons (Fsp3) is 0.0769. The second kappa shape index (κ2) is 6.73. The summed E-state index contributed by atoms with van der Waals surface area (Å²) in [5, 5.41) is 0. The van der Waals surface area contributed by atoms with E-state index >= 15 is 0 Å². The van der Waals surface area contributed by atoms with Crippen LogP contribution in [0.5, 0.6) is 0 Å². The minimum atomic E-state index is 0. The Morgan fingerprint density at radius 1 is 0.647 bits per heavy atom. The Bertz CT molecular complexity index is 454. The Kier molecular flexibility index (Phi) is 6.69. The fourth-order valence-corrected chi connectivity index (χ4v) is 2.83. The first-order chi connectivity index (χ1) is 6.88. The number of benzene rings is 2. The molecule has 17 heavy (non-hydrogen) atoms. The zero-order valence-electron chi connectivity index (χ0n) is 8.78. The van der Waals surface area contributed by atoms with E-state index < -0.39 is 0 Å². The first-order valence-corrected chi connectivity index (χ1v) is 5.55. The summed E-state index contributed by atoms with van der Waals surface area (Å²) < 4.78 is 0.495. The van der Waals surface area contributed by atoms with Gasteiger partial charge in [0.1, 0.15) is 0 Å². The molecule has 2 aromatic carbocycles. The van der Waals surface area contributed by atoms with Gasteiger partial charge in [-0.15, -0.1) is 0 Å². The van der Waals surface area contributed by atoms with Gasteiger partial charge in [0.15, 0.2) is 0 Å². The van der Waals surface area contributed by atoms with Crippen molar-refractivity contribution < 1.29 is 54.6 Å². The molecule has 0 N–H and O–H groups in total. The van der Waals surface area contributed by atoms with Crippen LogP contribution in [0.3, 0.4) is 0 Å². The van der Waals surface area contributed by atoms with Gasteiger partial charge < -0.3 is 37.2 Å². The Balaban J connectivity index is 0.000000853. The van der Waals surface area contributed by atoms with Crippen LogP contribution < -0.4 is 37.2 Å². The summed E-state index contributed by atoms with van der Waals surface area (Å²) in [6.45, 7) is 0. The third-order valence-electron chi connectivity index (χ3n) is 2.80. The molecule has 1 aliphatic rings. The van der Waals surface area contributed by atoms with E-state index in [0.717, 1.165) is 0 Å². The average molecular weight is 323 g/mol. The molecule has 0 saturated carbocycles. The molecule has 0 fully saturated rings. The third-order valence-corrected chi connectivity index (χ3v) is 3.67. The molecule has 0 amide bonds. The minimum absolute atomic E-state index is 0. The van der Waals surface area contributed by atoms with Gasteiger partial charge in [-0.3, -0.25) is 0 Å². The van der Waals surface area contributed by atoms with Crippen molar-refractivity contribution in [1.29, 1.82) is 0 Å². The first kappa shape index (κ1) is 16.9. The number of halogens is 3. The zero-order chi connectivity index (χ0) is 9.54. The molecule has 0 spiro atoms. The molecule has 1 aliphatic carbocycles. The van der Waals surface area contributed by atoms with E-state index in [4.69, 9.17) is 0 Å². The van der Waals surface area contributed by atoms with Crippen LogP contribution in [0.2, 0.25) is 0 Å². The zero-order valence-corrected chi connectivity index (χ0v) is 12.4. The number of hydrogen-bond acceptors (Lipinski definition) is 0. The Hall–Kier alpha value is -0.106. The average Bonchev–Trinajstić information content (AvgIpc) is 2.55. The van der Waals surface area contributed by atoms with Crippen molar-refractivity contribution in [2.24, 2.45) is 0 Å². The molecule has 87 valence electrons. The van der Waals surface area contributed by atoms with Gasteiger partial charge in [0, 0.05) is 0 Å². The van der Waals surface area contributed by atoms with Crippen molar-refractivity contribution in [2.75, 3.05) is 0 Å². The molecule has 0 aromatic heterocycles. The van der Waals surface area contributed by atoms with Gasteiger partial charge >= 0.3 is 92.8 Å². The molecule has 3 rings (SSSR count). The van der Waals surface area contributed by atoms with Crippen molar-refractivity contribution >= 4 is 0 Å². The molecule has 2 aromatic rings. The summed E-state index contributed by atoms with van der Waals surface area (Å²) in [5.74, 6) is 0. The number of hydrogen-bond donors (Lipinski definition) is 0. The van der Waals surface area contributed by atoms with Crippen molar-refractivity contribution in [3.8, 4) is 11.1 Å². The maximum absolute atomic E-state index is 2.77. The third kappa shape index (κ3) is 2.67. The molecule has 0 radical (unpaired) electrons. The van der Waals surface area contributed by atoms with E-state index in [1.807, 2.05) is 0 Å². The molecule has 0 bridgehead atoms. The van der Waals surface area contributed by atoms with E-state index in [2.05, 4.69) is 66.0 Å². The standard InChI is InChI=1S/C13H9.3ClH.V/c1-3-7-12-10(5-1)9-11-6-2-4-8-13(11)12;;;;/h1-9H;3*1H;/q;;;;+3/p-3. The summed E-state index contributed by atoms with van der Waals surface area (Å²) in [6, 6.07) is 17.3. The van der Waals surface area contributed by atoms with Crippen LogP contribution in [0.4, 0.5) is 0 Å². The summed E-state index contributed by atoms with van der Waals surface area (Å²) in [4.78, 5) is 0. The Labute approximate surface area is 129 Å². The Morgan fingerprint density at radius 2 is 1.00 bits per heavy atom. The second-order valence-electron chi connectivity index (χ2n) is 3.58. The van der Waals surface area contributed by atoms with E-state index in [1.165, 1.54) is 22.3 Å². The van der Waals surface area contributed by atoms with Gasteiger partial charge in [-0.1, -0.05) is 0 Å². The molecule has 0 aliphatic heterocycles. The van der Waals surface area contributed by atoms with Gasteiger partial charge in [-0.2, -0.15) is 0 Å². The van der Waals surface area contributed by atoms with E-state index in [1.54, 1.807) is 0 Å². The second-order valence-corrected chi connectivity index (χ2v) is 4.38. The van der Waals surface area contributed by atoms with Gasteiger partial charge in [-0.05, 0) is 0 Å². The molecule has 4 heteroatoms. The van der Waals surface area contributed by atoms with E-state index in [0.29, 0.717) is 4.63 Å². The van der Waals surface area contributed by atoms with E-state index in [9.17, 15) is 0 Å². The number of rotatable bonds is 0. The van der Waals surface area contributed by atoms with Crippen LogP contribution >= 0.6 is 0 Å². The first-order valence-electron chi connectivity index (χ1n) is 4.74. The van der Waals surface area contributed by atoms with Crippen molar-refractivity contribution in [1.82, 2.24) is 0 Å². The normalized spacial score (nSPS) is 11.4. The van der Waals surface area contributed by atoms with Crippen molar-refractivity contribution in [2.45, 2.75) is 4.63 Å². The van der Waals surface area contributed by atoms with Gasteiger partial charge in [-0.25, -0.2) is 0 Å². The van der Waals surface area contributed by atoms with Crippen LogP contribution in [-0.4, -0.2) is 0 Å². The summed E-state index contributed by atoms with van der Waals surface area (Å²) in [6.07, 6.45) is 0. The van der Waals surface area contributed by atoms with Crippen LogP contribution in [-0.2, 0) is 17.4 Å². The van der Waals surface area contributed by atoms with E-state index in [-0.39, 0.29) is 37.2 Å². The predicted octanol–water partition coefficient (Wildman–Crippen LogP) is -5.68. The van der Waals surface area contributed by atoms with Crippen LogP contribution in [0.15, 0.2) is 48.5 Å². The monoisotopic (exact) mass is 321 g/mol. The Morgan fingerprint density at radius 3 is 1.41 bits per heavy atom. The summed E-state index contributed by atoms with van der Waals surface area (Å²) >= 11 is 2.77. The van der Waals surface area contributed by atoms with Crippen molar-refractivity contribution in [3.05, 3.63) is 59.7 Å². The molecule has 0 nitrogen and oxygen atoms in total. The quantitative estimate of drug-likeness (QED) is 0.454. The summed E-state index contributed by atoms with van der Waals surface area (Å²) in [5.41, 5.74) is 5.67. The number of fused-ring (bicyclic) bond motifs is 3.